The molecule has 0 spiro atoms. The molecule has 0 saturated heterocycles. The van der Waals surface area contributed by atoms with Crippen LogP contribution in [-0.2, 0) is 28.8 Å². The van der Waals surface area contributed by atoms with Crippen LogP contribution >= 0.6 is 0 Å². The van der Waals surface area contributed by atoms with Crippen molar-refractivity contribution in [2.24, 2.45) is 0 Å². The molecule has 0 heterocycles. The number of aromatic hydroxyl groups is 1. The Morgan fingerprint density at radius 3 is 1.43 bits per heavy atom. The fourth-order valence-corrected chi connectivity index (χ4v) is 6.38. The van der Waals surface area contributed by atoms with Crippen LogP contribution in [0.1, 0.15) is 157 Å². The summed E-state index contributed by atoms with van der Waals surface area (Å²) in [5, 5.41) is 11.2. The van der Waals surface area contributed by atoms with Gasteiger partial charge in [-0.2, -0.15) is 0 Å². The second kappa shape index (κ2) is 24.2. The highest BCUT2D eigenvalue weighted by atomic mass is 16.5. The van der Waals surface area contributed by atoms with Crippen LogP contribution in [0.25, 0.3) is 0 Å². The highest BCUT2D eigenvalue weighted by Crippen LogP contribution is 2.30. The van der Waals surface area contributed by atoms with Gasteiger partial charge in [0.2, 0.25) is 0 Å². The van der Waals surface area contributed by atoms with Gasteiger partial charge in [0.15, 0.2) is 0 Å². The molecule has 0 fully saturated rings. The zero-order valence-corrected chi connectivity index (χ0v) is 29.0. The standard InChI is InChI=1S/C43H62O3/c1-2-3-4-5-6-7-8-9-10-11-12-13-14-15-16-25-32-46-42(44)31-24-23-30-39-35-40(33-37-26-19-17-20-27-37)43(45)41(36-39)34-38-28-21-18-22-29-38/h17-22,26-29,35-36,45H,2-16,23-25,30-34H2,1H3. The Balaban J connectivity index is 1.24. The van der Waals surface area contributed by atoms with Crippen molar-refractivity contribution >= 4 is 5.97 Å². The predicted molar refractivity (Wildman–Crippen MR) is 195 cm³/mol. The first kappa shape index (κ1) is 37.4. The van der Waals surface area contributed by atoms with Crippen molar-refractivity contribution in [2.45, 2.75) is 148 Å². The van der Waals surface area contributed by atoms with Gasteiger partial charge >= 0.3 is 5.97 Å². The predicted octanol–water partition coefficient (Wildman–Crippen LogP) is 12.1. The van der Waals surface area contributed by atoms with Crippen LogP contribution in [0.2, 0.25) is 0 Å². The van der Waals surface area contributed by atoms with Crippen molar-refractivity contribution in [1.29, 1.82) is 0 Å². The zero-order valence-electron chi connectivity index (χ0n) is 29.0. The second-order valence-corrected chi connectivity index (χ2v) is 13.3. The summed E-state index contributed by atoms with van der Waals surface area (Å²) in [7, 11) is 0. The molecule has 3 aromatic rings. The molecule has 0 atom stereocenters. The van der Waals surface area contributed by atoms with Gasteiger partial charge in [-0.05, 0) is 53.5 Å². The molecular formula is C43H62O3. The number of unbranched alkanes of at least 4 members (excludes halogenated alkanes) is 16. The molecule has 0 bridgehead atoms. The molecule has 0 amide bonds. The first-order valence-corrected chi connectivity index (χ1v) is 18.7. The third-order valence-corrected chi connectivity index (χ3v) is 9.16. The van der Waals surface area contributed by atoms with E-state index < -0.39 is 0 Å². The quantitative estimate of drug-likeness (QED) is 0.0712. The summed E-state index contributed by atoms with van der Waals surface area (Å²) in [6.45, 7) is 2.84. The van der Waals surface area contributed by atoms with Crippen LogP contribution < -0.4 is 0 Å². The van der Waals surface area contributed by atoms with Crippen LogP contribution in [0.15, 0.2) is 72.8 Å². The Morgan fingerprint density at radius 1 is 0.543 bits per heavy atom. The van der Waals surface area contributed by atoms with Crippen LogP contribution in [0, 0.1) is 0 Å². The molecule has 3 aromatic carbocycles. The molecule has 3 rings (SSSR count). The molecule has 252 valence electrons. The average Bonchev–Trinajstić information content (AvgIpc) is 3.07. The van der Waals surface area contributed by atoms with E-state index >= 15 is 0 Å². The lowest BCUT2D eigenvalue weighted by Gasteiger charge is -2.14. The Kier molecular flexibility index (Phi) is 19.6. The minimum atomic E-state index is -0.0683. The monoisotopic (exact) mass is 626 g/mol. The van der Waals surface area contributed by atoms with Crippen molar-refractivity contribution in [3.63, 3.8) is 0 Å². The summed E-state index contributed by atoms with van der Waals surface area (Å²) in [6, 6.07) is 24.9. The lowest BCUT2D eigenvalue weighted by atomic mass is 9.93. The number of carbonyl (C=O) groups excluding carboxylic acids is 1. The van der Waals surface area contributed by atoms with Crippen LogP contribution in [0.4, 0.5) is 0 Å². The van der Waals surface area contributed by atoms with E-state index in [1.54, 1.807) is 0 Å². The third kappa shape index (κ3) is 16.5. The summed E-state index contributed by atoms with van der Waals surface area (Å²) in [6.07, 6.45) is 26.0. The number of benzene rings is 3. The van der Waals surface area contributed by atoms with Crippen molar-refractivity contribution in [2.75, 3.05) is 6.61 Å². The first-order valence-electron chi connectivity index (χ1n) is 18.7. The van der Waals surface area contributed by atoms with E-state index in [1.807, 2.05) is 36.4 Å². The van der Waals surface area contributed by atoms with Crippen LogP contribution in [0.3, 0.4) is 0 Å². The summed E-state index contributed by atoms with van der Waals surface area (Å²) in [4.78, 5) is 12.3. The summed E-state index contributed by atoms with van der Waals surface area (Å²) in [5.41, 5.74) is 5.53. The Bertz CT molecular complexity index is 1120. The fraction of sp³-hybridized carbons (Fsp3) is 0.558. The largest absolute Gasteiger partial charge is 0.507 e. The maximum atomic E-state index is 12.3. The van der Waals surface area contributed by atoms with Crippen LogP contribution in [0.5, 0.6) is 5.75 Å². The number of phenols is 1. The van der Waals surface area contributed by atoms with Gasteiger partial charge < -0.3 is 9.84 Å². The molecule has 46 heavy (non-hydrogen) atoms. The van der Waals surface area contributed by atoms with Gasteiger partial charge in [-0.3, -0.25) is 4.79 Å². The molecule has 0 radical (unpaired) electrons. The van der Waals surface area contributed by atoms with E-state index in [2.05, 4.69) is 43.3 Å². The number of aryl methyl sites for hydroxylation is 1. The molecule has 0 aliphatic carbocycles. The Hall–Kier alpha value is -3.07. The molecule has 3 nitrogen and oxygen atoms in total. The molecule has 0 unspecified atom stereocenters. The minimum Gasteiger partial charge on any atom is -0.507 e. The van der Waals surface area contributed by atoms with Gasteiger partial charge in [0, 0.05) is 19.3 Å². The van der Waals surface area contributed by atoms with Gasteiger partial charge in [0.25, 0.3) is 0 Å². The van der Waals surface area contributed by atoms with Gasteiger partial charge in [-0.25, -0.2) is 0 Å². The lowest BCUT2D eigenvalue weighted by molar-refractivity contribution is -0.143. The fourth-order valence-electron chi connectivity index (χ4n) is 6.38. The number of ether oxygens (including phenoxy) is 1. The van der Waals surface area contributed by atoms with E-state index in [4.69, 9.17) is 4.74 Å². The van der Waals surface area contributed by atoms with Gasteiger partial charge in [0.05, 0.1) is 6.61 Å². The van der Waals surface area contributed by atoms with Crippen molar-refractivity contribution in [3.05, 3.63) is 101 Å². The Morgan fingerprint density at radius 2 is 0.978 bits per heavy atom. The molecule has 0 aromatic heterocycles. The van der Waals surface area contributed by atoms with Crippen molar-refractivity contribution in [3.8, 4) is 5.75 Å². The third-order valence-electron chi connectivity index (χ3n) is 9.16. The lowest BCUT2D eigenvalue weighted by Crippen LogP contribution is -2.06. The maximum Gasteiger partial charge on any atom is 0.305 e. The normalized spacial score (nSPS) is 11.2. The van der Waals surface area contributed by atoms with E-state index in [9.17, 15) is 9.90 Å². The molecule has 1 N–H and O–H groups in total. The number of phenolic OH excluding ortho intramolecular Hbond substituents is 1. The van der Waals surface area contributed by atoms with Crippen molar-refractivity contribution in [1.82, 2.24) is 0 Å². The molecular weight excluding hydrogens is 564 g/mol. The second-order valence-electron chi connectivity index (χ2n) is 13.3. The number of esters is 1. The van der Waals surface area contributed by atoms with Gasteiger partial charge in [-0.1, -0.05) is 176 Å². The average molecular weight is 627 g/mol. The van der Waals surface area contributed by atoms with E-state index in [0.29, 0.717) is 31.6 Å². The molecule has 0 aliphatic heterocycles. The van der Waals surface area contributed by atoms with E-state index in [1.165, 1.54) is 107 Å². The summed E-state index contributed by atoms with van der Waals surface area (Å²) in [5.74, 6) is 0.329. The SMILES string of the molecule is CCCCCCCCCCCCCCCCCCOC(=O)CCCCc1cc(Cc2ccccc2)c(O)c(Cc2ccccc2)c1. The summed E-state index contributed by atoms with van der Waals surface area (Å²) < 4.78 is 5.53. The molecule has 3 heteroatoms. The highest BCUT2D eigenvalue weighted by molar-refractivity contribution is 5.69. The maximum absolute atomic E-state index is 12.3. The topological polar surface area (TPSA) is 46.5 Å². The molecule has 0 saturated carbocycles. The minimum absolute atomic E-state index is 0.0683. The number of rotatable bonds is 26. The van der Waals surface area contributed by atoms with Crippen molar-refractivity contribution < 1.29 is 14.6 Å². The smallest absolute Gasteiger partial charge is 0.305 e. The Labute approximate surface area is 281 Å². The number of hydrogen-bond acceptors (Lipinski definition) is 3. The van der Waals surface area contributed by atoms with Gasteiger partial charge in [0.1, 0.15) is 5.75 Å². The van der Waals surface area contributed by atoms with E-state index in [-0.39, 0.29) is 5.97 Å². The van der Waals surface area contributed by atoms with Crippen LogP contribution in [-0.4, -0.2) is 17.7 Å². The summed E-state index contributed by atoms with van der Waals surface area (Å²) >= 11 is 0. The van der Waals surface area contributed by atoms with E-state index in [0.717, 1.165) is 43.2 Å². The molecule has 0 aliphatic rings. The zero-order chi connectivity index (χ0) is 32.5. The highest BCUT2D eigenvalue weighted by Gasteiger charge is 2.12. The number of carbonyl (C=O) groups is 1. The first-order chi connectivity index (χ1) is 22.7. The number of hydrogen-bond donors (Lipinski definition) is 1. The van der Waals surface area contributed by atoms with Gasteiger partial charge in [-0.15, -0.1) is 0 Å².